The van der Waals surface area contributed by atoms with E-state index in [-0.39, 0.29) is 49.7 Å². The van der Waals surface area contributed by atoms with Gasteiger partial charge in [-0.15, -0.1) is 24.8 Å². The van der Waals surface area contributed by atoms with E-state index in [2.05, 4.69) is 76.6 Å². The second-order valence-corrected chi connectivity index (χ2v) is 10.6. The molecule has 1 aromatic heterocycles. The van der Waals surface area contributed by atoms with Crippen molar-refractivity contribution in [3.8, 4) is 11.1 Å². The van der Waals surface area contributed by atoms with Gasteiger partial charge in [0.2, 0.25) is 5.91 Å². The van der Waals surface area contributed by atoms with Crippen molar-refractivity contribution in [2.45, 2.75) is 39.9 Å². The zero-order valence-corrected chi connectivity index (χ0v) is 25.4. The van der Waals surface area contributed by atoms with Crippen molar-refractivity contribution < 1.29 is 9.59 Å². The number of rotatable bonds is 11. The molecule has 0 saturated carbocycles. The lowest BCUT2D eigenvalue weighted by Gasteiger charge is -2.32. The summed E-state index contributed by atoms with van der Waals surface area (Å²) in [4.78, 5) is 28.3. The SMILES string of the molecule is Cc1ccc(-c2ccsc2)cc1N(CC(=O)NCCNC(C)C)CC(=O)N(C)N1Cc2ccccc2C1.Cl.Cl. The van der Waals surface area contributed by atoms with Crippen LogP contribution in [0.5, 0.6) is 0 Å². The third-order valence-electron chi connectivity index (χ3n) is 6.67. The molecule has 0 saturated heterocycles. The summed E-state index contributed by atoms with van der Waals surface area (Å²) in [5, 5.41) is 14.2. The Morgan fingerprint density at radius 2 is 1.67 bits per heavy atom. The van der Waals surface area contributed by atoms with E-state index < -0.39 is 0 Å². The largest absolute Gasteiger partial charge is 0.353 e. The minimum Gasteiger partial charge on any atom is -0.353 e. The van der Waals surface area contributed by atoms with Gasteiger partial charge in [0, 0.05) is 45.0 Å². The number of carbonyl (C=O) groups is 2. The van der Waals surface area contributed by atoms with Crippen LogP contribution in [0.3, 0.4) is 0 Å². The molecular formula is C29H39Cl2N5O2S. The molecule has 2 heterocycles. The fourth-order valence-corrected chi connectivity index (χ4v) is 5.19. The lowest BCUT2D eigenvalue weighted by molar-refractivity contribution is -0.145. The van der Waals surface area contributed by atoms with Crippen LogP contribution in [0.1, 0.15) is 30.5 Å². The highest BCUT2D eigenvalue weighted by molar-refractivity contribution is 7.08. The highest BCUT2D eigenvalue weighted by atomic mass is 35.5. The van der Waals surface area contributed by atoms with Crippen LogP contribution in [0.15, 0.2) is 59.3 Å². The molecule has 0 bridgehead atoms. The maximum absolute atomic E-state index is 13.5. The second-order valence-electron chi connectivity index (χ2n) is 9.84. The number of benzene rings is 2. The molecule has 0 atom stereocenters. The molecule has 2 aromatic carbocycles. The number of likely N-dealkylation sites (N-methyl/N-ethyl adjacent to an activating group) is 1. The predicted molar refractivity (Wildman–Crippen MR) is 166 cm³/mol. The molecule has 7 nitrogen and oxygen atoms in total. The van der Waals surface area contributed by atoms with Gasteiger partial charge in [-0.2, -0.15) is 11.3 Å². The number of hydrogen-bond donors (Lipinski definition) is 2. The fraction of sp³-hybridized carbons (Fsp3) is 0.379. The Bertz CT molecular complexity index is 1200. The van der Waals surface area contributed by atoms with Gasteiger partial charge in [0.15, 0.2) is 0 Å². The van der Waals surface area contributed by atoms with Gasteiger partial charge < -0.3 is 15.5 Å². The lowest BCUT2D eigenvalue weighted by atomic mass is 10.0. The van der Waals surface area contributed by atoms with Crippen LogP contribution in [0.4, 0.5) is 5.69 Å². The van der Waals surface area contributed by atoms with Crippen LogP contribution in [-0.4, -0.2) is 61.1 Å². The number of fused-ring (bicyclic) bond motifs is 1. The summed E-state index contributed by atoms with van der Waals surface area (Å²) in [5.74, 6) is -0.155. The number of thiophene rings is 1. The van der Waals surface area contributed by atoms with E-state index in [1.54, 1.807) is 16.3 Å². The molecule has 1 aliphatic heterocycles. The first kappa shape index (κ1) is 32.6. The normalized spacial score (nSPS) is 12.3. The van der Waals surface area contributed by atoms with Crippen LogP contribution >= 0.6 is 36.2 Å². The van der Waals surface area contributed by atoms with E-state index in [0.717, 1.165) is 22.4 Å². The number of nitrogens with zero attached hydrogens (tertiary/aromatic N) is 3. The maximum atomic E-state index is 13.5. The quantitative estimate of drug-likeness (QED) is 0.311. The van der Waals surface area contributed by atoms with Gasteiger partial charge in [0.25, 0.3) is 5.91 Å². The highest BCUT2D eigenvalue weighted by Gasteiger charge is 2.27. The number of nitrogens with one attached hydrogen (secondary N) is 2. The number of hydrogen-bond acceptors (Lipinski definition) is 6. The summed E-state index contributed by atoms with van der Waals surface area (Å²) in [5.41, 5.74) is 6.61. The Hall–Kier alpha value is -2.62. The predicted octanol–water partition coefficient (Wildman–Crippen LogP) is 4.88. The minimum absolute atomic E-state index is 0. The van der Waals surface area contributed by atoms with Crippen molar-refractivity contribution >= 4 is 53.7 Å². The second kappa shape index (κ2) is 15.2. The van der Waals surface area contributed by atoms with Crippen molar-refractivity contribution in [1.82, 2.24) is 20.7 Å². The first-order valence-electron chi connectivity index (χ1n) is 12.8. The van der Waals surface area contributed by atoms with Crippen LogP contribution < -0.4 is 15.5 Å². The molecule has 1 aliphatic rings. The summed E-state index contributed by atoms with van der Waals surface area (Å²) >= 11 is 1.65. The smallest absolute Gasteiger partial charge is 0.256 e. The zero-order chi connectivity index (χ0) is 26.4. The third-order valence-corrected chi connectivity index (χ3v) is 7.36. The molecular weight excluding hydrogens is 553 g/mol. The molecule has 2 N–H and O–H groups in total. The molecule has 4 rings (SSSR count). The Kier molecular flexibility index (Phi) is 12.7. The average Bonchev–Trinajstić information content (AvgIpc) is 3.56. The molecule has 3 aromatic rings. The highest BCUT2D eigenvalue weighted by Crippen LogP contribution is 2.30. The van der Waals surface area contributed by atoms with Gasteiger partial charge in [-0.25, -0.2) is 5.01 Å². The topological polar surface area (TPSA) is 67.9 Å². The summed E-state index contributed by atoms with van der Waals surface area (Å²) in [7, 11) is 1.82. The Morgan fingerprint density at radius 3 is 2.28 bits per heavy atom. The number of carbonyl (C=O) groups excluding carboxylic acids is 2. The van der Waals surface area contributed by atoms with E-state index in [4.69, 9.17) is 0 Å². The van der Waals surface area contributed by atoms with Gasteiger partial charge in [-0.05, 0) is 57.6 Å². The number of aryl methyl sites for hydroxylation is 1. The lowest BCUT2D eigenvalue weighted by Crippen LogP contribution is -2.48. The average molecular weight is 593 g/mol. The van der Waals surface area contributed by atoms with Gasteiger partial charge in [-0.1, -0.05) is 50.2 Å². The zero-order valence-electron chi connectivity index (χ0n) is 23.0. The van der Waals surface area contributed by atoms with Crippen LogP contribution in [-0.2, 0) is 22.7 Å². The Morgan fingerprint density at radius 1 is 0.974 bits per heavy atom. The van der Waals surface area contributed by atoms with E-state index in [1.807, 2.05) is 31.0 Å². The fourth-order valence-electron chi connectivity index (χ4n) is 4.53. The van der Waals surface area contributed by atoms with Gasteiger partial charge >= 0.3 is 0 Å². The van der Waals surface area contributed by atoms with Gasteiger partial charge in [-0.3, -0.25) is 14.6 Å². The Labute approximate surface area is 248 Å². The van der Waals surface area contributed by atoms with Crippen molar-refractivity contribution in [3.05, 3.63) is 76.0 Å². The molecule has 10 heteroatoms. The van der Waals surface area contributed by atoms with Crippen LogP contribution in [0.25, 0.3) is 11.1 Å². The first-order chi connectivity index (χ1) is 17.8. The summed E-state index contributed by atoms with van der Waals surface area (Å²) < 4.78 is 0. The third kappa shape index (κ3) is 8.68. The number of amides is 2. The maximum Gasteiger partial charge on any atom is 0.256 e. The number of hydrazine groups is 1. The minimum atomic E-state index is -0.102. The van der Waals surface area contributed by atoms with Gasteiger partial charge in [0.05, 0.1) is 13.1 Å². The standard InChI is InChI=1S/C29H37N5O2S.2ClH/c1-21(2)30-12-13-31-28(35)18-33(27-15-23(10-9-22(27)3)26-11-14-37-20-26)19-29(36)32(4)34-16-24-7-5-6-8-25(24)17-34;;/h5-11,14-15,20-21,30H,12-13,16-19H2,1-4H3,(H,31,35);2*1H. The summed E-state index contributed by atoms with van der Waals surface area (Å²) in [6.07, 6.45) is 0. The van der Waals surface area contributed by atoms with Crippen molar-refractivity contribution in [2.75, 3.05) is 38.1 Å². The number of anilines is 1. The molecule has 2 amide bonds. The van der Waals surface area contributed by atoms with E-state index in [1.165, 1.54) is 11.1 Å². The van der Waals surface area contributed by atoms with Crippen molar-refractivity contribution in [3.63, 3.8) is 0 Å². The monoisotopic (exact) mass is 591 g/mol. The first-order valence-corrected chi connectivity index (χ1v) is 13.7. The van der Waals surface area contributed by atoms with Gasteiger partial charge in [0.1, 0.15) is 0 Å². The van der Waals surface area contributed by atoms with E-state index in [9.17, 15) is 9.59 Å². The molecule has 0 fully saturated rings. The molecule has 0 unspecified atom stereocenters. The van der Waals surface area contributed by atoms with Crippen LogP contribution in [0.2, 0.25) is 0 Å². The number of halogens is 2. The van der Waals surface area contributed by atoms with E-state index >= 15 is 0 Å². The van der Waals surface area contributed by atoms with Crippen molar-refractivity contribution in [2.24, 2.45) is 0 Å². The summed E-state index contributed by atoms with van der Waals surface area (Å²) in [6.45, 7) is 9.04. The molecule has 212 valence electrons. The Balaban J connectivity index is 0.00000267. The molecule has 0 aliphatic carbocycles. The molecule has 0 radical (unpaired) electrons. The van der Waals surface area contributed by atoms with E-state index in [0.29, 0.717) is 32.2 Å². The summed E-state index contributed by atoms with van der Waals surface area (Å²) in [6, 6.07) is 17.0. The van der Waals surface area contributed by atoms with Crippen molar-refractivity contribution in [1.29, 1.82) is 0 Å². The van der Waals surface area contributed by atoms with Crippen LogP contribution in [0, 0.1) is 6.92 Å². The molecule has 0 spiro atoms. The molecule has 39 heavy (non-hydrogen) atoms.